The van der Waals surface area contributed by atoms with Crippen molar-refractivity contribution in [3.05, 3.63) is 35.4 Å². The number of amides is 1. The van der Waals surface area contributed by atoms with Gasteiger partial charge in [0.1, 0.15) is 17.4 Å². The smallest absolute Gasteiger partial charge is 0.255 e. The molecule has 170 valence electrons. The molecule has 2 aromatic rings. The zero-order chi connectivity index (χ0) is 22.4. The van der Waals surface area contributed by atoms with Crippen molar-refractivity contribution in [1.82, 2.24) is 24.4 Å². The number of fused-ring (bicyclic) bond motifs is 1. The molecule has 0 saturated heterocycles. The second kappa shape index (κ2) is 10.2. The van der Waals surface area contributed by atoms with E-state index in [1.807, 2.05) is 0 Å². The molecule has 0 bridgehead atoms. The molecule has 0 radical (unpaired) electrons. The van der Waals surface area contributed by atoms with E-state index in [1.165, 1.54) is 36.0 Å². The average Bonchev–Trinajstić information content (AvgIpc) is 2.99. The highest BCUT2D eigenvalue weighted by Gasteiger charge is 2.24. The summed E-state index contributed by atoms with van der Waals surface area (Å²) < 4.78 is 34.5. The Bertz CT molecular complexity index is 1010. The highest BCUT2D eigenvalue weighted by atomic mass is 32.2. The number of aromatic nitrogens is 3. The Morgan fingerprint density at radius 3 is 2.68 bits per heavy atom. The van der Waals surface area contributed by atoms with E-state index in [2.05, 4.69) is 20.1 Å². The Kier molecular flexibility index (Phi) is 7.66. The Hall–Kier alpha value is -2.46. The van der Waals surface area contributed by atoms with Crippen LogP contribution in [0.25, 0.3) is 0 Å². The van der Waals surface area contributed by atoms with Gasteiger partial charge in [-0.25, -0.2) is 8.42 Å². The van der Waals surface area contributed by atoms with E-state index < -0.39 is 10.0 Å². The van der Waals surface area contributed by atoms with Gasteiger partial charge in [0, 0.05) is 39.0 Å². The fourth-order valence-corrected chi connectivity index (χ4v) is 5.34. The molecule has 0 saturated carbocycles. The Morgan fingerprint density at radius 2 is 1.97 bits per heavy atom. The molecule has 31 heavy (non-hydrogen) atoms. The number of hydrogen-bond donors (Lipinski definition) is 1. The Morgan fingerprint density at radius 1 is 1.19 bits per heavy atom. The maximum atomic E-state index is 12.8. The normalized spacial score (nSPS) is 14.2. The maximum absolute atomic E-state index is 12.8. The molecule has 1 N–H and O–H groups in total. The summed E-state index contributed by atoms with van der Waals surface area (Å²) in [6, 6.07) is 4.36. The van der Waals surface area contributed by atoms with Crippen molar-refractivity contribution in [3.63, 3.8) is 0 Å². The number of methoxy groups -OCH3 is 1. The minimum atomic E-state index is -3.68. The lowest BCUT2D eigenvalue weighted by atomic mass is 10.2. The van der Waals surface area contributed by atoms with Crippen molar-refractivity contribution < 1.29 is 17.9 Å². The zero-order valence-corrected chi connectivity index (χ0v) is 19.2. The van der Waals surface area contributed by atoms with Gasteiger partial charge in [0.2, 0.25) is 10.0 Å². The van der Waals surface area contributed by atoms with Gasteiger partial charge in [-0.2, -0.15) is 4.31 Å². The number of carbonyl (C=O) groups excluding carboxylic acids is 1. The highest BCUT2D eigenvalue weighted by molar-refractivity contribution is 7.89. The predicted octanol–water partition coefficient (Wildman–Crippen LogP) is 2.02. The summed E-state index contributed by atoms with van der Waals surface area (Å²) in [5.41, 5.74) is 0.191. The number of aryl methyl sites for hydroxylation is 1. The molecule has 0 spiro atoms. The van der Waals surface area contributed by atoms with Crippen LogP contribution in [0.15, 0.2) is 23.1 Å². The highest BCUT2D eigenvalue weighted by Crippen LogP contribution is 2.24. The number of hydrogen-bond acceptors (Lipinski definition) is 6. The first-order valence-electron chi connectivity index (χ1n) is 10.8. The van der Waals surface area contributed by atoms with Crippen LogP contribution >= 0.6 is 0 Å². The summed E-state index contributed by atoms with van der Waals surface area (Å²) in [4.78, 5) is 12.9. The van der Waals surface area contributed by atoms with E-state index in [4.69, 9.17) is 4.74 Å². The number of rotatable bonds is 9. The monoisotopic (exact) mass is 449 g/mol. The number of carbonyl (C=O) groups is 1. The molecule has 10 heteroatoms. The molecule has 1 aromatic carbocycles. The molecule has 0 aliphatic carbocycles. The van der Waals surface area contributed by atoms with Crippen LogP contribution in [-0.2, 0) is 29.4 Å². The lowest BCUT2D eigenvalue weighted by Crippen LogP contribution is -2.31. The first kappa shape index (κ1) is 23.2. The van der Waals surface area contributed by atoms with Crippen LogP contribution in [0.1, 0.15) is 55.1 Å². The molecule has 1 amide bonds. The molecule has 1 aliphatic rings. The fourth-order valence-electron chi connectivity index (χ4n) is 3.85. The summed E-state index contributed by atoms with van der Waals surface area (Å²) in [5.74, 6) is 1.81. The van der Waals surface area contributed by atoms with Crippen molar-refractivity contribution in [3.8, 4) is 5.75 Å². The summed E-state index contributed by atoms with van der Waals surface area (Å²) in [6.45, 7) is 5.55. The first-order valence-corrected chi connectivity index (χ1v) is 12.2. The molecule has 9 nitrogen and oxygen atoms in total. The second-order valence-corrected chi connectivity index (χ2v) is 9.39. The summed E-state index contributed by atoms with van der Waals surface area (Å²) in [5, 5.41) is 11.4. The molecule has 3 rings (SSSR count). The maximum Gasteiger partial charge on any atom is 0.255 e. The molecule has 0 unspecified atom stereocenters. The standard InChI is InChI=1S/C21H31N5O4S/c1-4-25(5-2)31(28,29)16-10-11-18(30-3)17(15-16)21(27)22-13-12-20-24-23-19-9-7-6-8-14-26(19)20/h10-11,15H,4-9,12-14H2,1-3H3,(H,22,27). The predicted molar refractivity (Wildman–Crippen MR) is 117 cm³/mol. The number of ether oxygens (including phenoxy) is 1. The van der Waals surface area contributed by atoms with E-state index in [1.54, 1.807) is 13.8 Å². The second-order valence-electron chi connectivity index (χ2n) is 7.45. The lowest BCUT2D eigenvalue weighted by molar-refractivity contribution is 0.0950. The van der Waals surface area contributed by atoms with E-state index in [-0.39, 0.29) is 16.4 Å². The van der Waals surface area contributed by atoms with Gasteiger partial charge in [0.15, 0.2) is 0 Å². The number of nitrogens with zero attached hydrogens (tertiary/aromatic N) is 4. The van der Waals surface area contributed by atoms with Gasteiger partial charge in [-0.05, 0) is 31.0 Å². The van der Waals surface area contributed by atoms with Crippen LogP contribution in [0, 0.1) is 0 Å². The van der Waals surface area contributed by atoms with E-state index >= 15 is 0 Å². The van der Waals surface area contributed by atoms with Crippen molar-refractivity contribution in [2.45, 2.75) is 57.4 Å². The third-order valence-electron chi connectivity index (χ3n) is 5.58. The molecule has 2 heterocycles. The minimum absolute atomic E-state index is 0.0740. The molecule has 0 atom stereocenters. The fraction of sp³-hybridized carbons (Fsp3) is 0.571. The van der Waals surface area contributed by atoms with E-state index in [0.29, 0.717) is 31.8 Å². The first-order chi connectivity index (χ1) is 14.9. The largest absolute Gasteiger partial charge is 0.496 e. The van der Waals surface area contributed by atoms with Crippen LogP contribution in [0.3, 0.4) is 0 Å². The van der Waals surface area contributed by atoms with Gasteiger partial charge >= 0.3 is 0 Å². The Balaban J connectivity index is 1.73. The summed E-state index contributed by atoms with van der Waals surface area (Å²) in [6.07, 6.45) is 4.91. The van der Waals surface area contributed by atoms with E-state index in [0.717, 1.165) is 37.5 Å². The SMILES string of the molecule is CCN(CC)S(=O)(=O)c1ccc(OC)c(C(=O)NCCc2nnc3n2CCCCC3)c1. The molecular weight excluding hydrogens is 418 g/mol. The minimum Gasteiger partial charge on any atom is -0.496 e. The molecule has 0 fully saturated rings. The third-order valence-corrected chi connectivity index (χ3v) is 7.62. The van der Waals surface area contributed by atoms with Gasteiger partial charge in [-0.15, -0.1) is 10.2 Å². The molecular formula is C21H31N5O4S. The van der Waals surface area contributed by atoms with Crippen molar-refractivity contribution in [2.75, 3.05) is 26.7 Å². The number of nitrogens with one attached hydrogen (secondary N) is 1. The van der Waals surface area contributed by atoms with Gasteiger partial charge < -0.3 is 14.6 Å². The summed E-state index contributed by atoms with van der Waals surface area (Å²) >= 11 is 0. The van der Waals surface area contributed by atoms with Crippen molar-refractivity contribution >= 4 is 15.9 Å². The molecule has 1 aromatic heterocycles. The van der Waals surface area contributed by atoms with Crippen LogP contribution < -0.4 is 10.1 Å². The average molecular weight is 450 g/mol. The van der Waals surface area contributed by atoms with Gasteiger partial charge in [0.05, 0.1) is 17.6 Å². The summed E-state index contributed by atoms with van der Waals surface area (Å²) in [7, 11) is -2.22. The van der Waals surface area contributed by atoms with Crippen LogP contribution in [0.5, 0.6) is 5.75 Å². The van der Waals surface area contributed by atoms with Crippen LogP contribution in [-0.4, -0.2) is 60.1 Å². The number of benzene rings is 1. The van der Waals surface area contributed by atoms with Crippen LogP contribution in [0.4, 0.5) is 0 Å². The van der Waals surface area contributed by atoms with Crippen LogP contribution in [0.2, 0.25) is 0 Å². The zero-order valence-electron chi connectivity index (χ0n) is 18.4. The van der Waals surface area contributed by atoms with E-state index in [9.17, 15) is 13.2 Å². The molecule has 1 aliphatic heterocycles. The third kappa shape index (κ3) is 5.07. The number of sulfonamides is 1. The lowest BCUT2D eigenvalue weighted by Gasteiger charge is -2.19. The topological polar surface area (TPSA) is 106 Å². The Labute approximate surface area is 183 Å². The van der Waals surface area contributed by atoms with Gasteiger partial charge in [0.25, 0.3) is 5.91 Å². The van der Waals surface area contributed by atoms with Gasteiger partial charge in [-0.1, -0.05) is 20.3 Å². The van der Waals surface area contributed by atoms with Crippen molar-refractivity contribution in [2.24, 2.45) is 0 Å². The quantitative estimate of drug-likeness (QED) is 0.628. The van der Waals surface area contributed by atoms with Crippen molar-refractivity contribution in [1.29, 1.82) is 0 Å². The van der Waals surface area contributed by atoms with Gasteiger partial charge in [-0.3, -0.25) is 4.79 Å².